The minimum Gasteiger partial charge on any atom is -0.494 e. The molecule has 1 aromatic heterocycles. The first kappa shape index (κ1) is 16.7. The topological polar surface area (TPSA) is 54.6 Å². The number of anilines is 1. The molecular weight excluding hydrogens is 311 g/mol. The molecule has 1 aromatic carbocycles. The van der Waals surface area contributed by atoms with E-state index in [0.717, 1.165) is 31.5 Å². The normalized spacial score (nSPS) is 16.3. The van der Waals surface area contributed by atoms with Gasteiger partial charge in [0.05, 0.1) is 13.7 Å². The van der Waals surface area contributed by atoms with E-state index in [1.807, 2.05) is 31.1 Å². The molecule has 0 unspecified atom stereocenters. The lowest BCUT2D eigenvalue weighted by Gasteiger charge is -2.31. The number of piperidine rings is 1. The van der Waals surface area contributed by atoms with Gasteiger partial charge < -0.3 is 14.2 Å². The highest BCUT2D eigenvalue weighted by molar-refractivity contribution is 5.33. The Morgan fingerprint density at radius 3 is 2.71 bits per heavy atom. The van der Waals surface area contributed by atoms with Crippen LogP contribution in [0.1, 0.15) is 30.2 Å². The molecule has 6 nitrogen and oxygen atoms in total. The Balaban J connectivity index is 1.59. The number of methoxy groups -OCH3 is 1. The summed E-state index contributed by atoms with van der Waals surface area (Å²) in [4.78, 5) is 8.42. The van der Waals surface area contributed by atoms with Crippen LogP contribution in [0.2, 0.25) is 0 Å². The average molecular weight is 334 g/mol. The van der Waals surface area contributed by atoms with Gasteiger partial charge >= 0.3 is 0 Å². The Morgan fingerprint density at radius 2 is 2.08 bits per heavy atom. The zero-order valence-corrected chi connectivity index (χ0v) is 14.3. The molecular formula is C17H23FN4O2. The van der Waals surface area contributed by atoms with Crippen LogP contribution in [0.4, 0.5) is 10.3 Å². The summed E-state index contributed by atoms with van der Waals surface area (Å²) in [5.74, 6) is 1.50. The first-order valence-electron chi connectivity index (χ1n) is 8.13. The standard InChI is InChI=1S/C17H23FN4O2/c1-21(2)17-19-15(24-20-17)11-22-9-7-12(8-10-22)13-5-4-6-14(23-3)16(13)18/h4-6,12H,7-11H2,1-3H3. The quantitative estimate of drug-likeness (QED) is 0.838. The largest absolute Gasteiger partial charge is 0.494 e. The zero-order chi connectivity index (χ0) is 17.1. The monoisotopic (exact) mass is 334 g/mol. The third-order valence-corrected chi connectivity index (χ3v) is 4.46. The molecule has 130 valence electrons. The van der Waals surface area contributed by atoms with Gasteiger partial charge in [-0.25, -0.2) is 4.39 Å². The van der Waals surface area contributed by atoms with E-state index in [0.29, 0.717) is 24.1 Å². The molecule has 0 aliphatic carbocycles. The van der Waals surface area contributed by atoms with Crippen molar-refractivity contribution in [3.63, 3.8) is 0 Å². The van der Waals surface area contributed by atoms with E-state index in [1.54, 1.807) is 6.07 Å². The lowest BCUT2D eigenvalue weighted by atomic mass is 9.89. The van der Waals surface area contributed by atoms with Crippen molar-refractivity contribution in [2.75, 3.05) is 39.2 Å². The molecule has 0 N–H and O–H groups in total. The molecule has 0 atom stereocenters. The van der Waals surface area contributed by atoms with Crippen molar-refractivity contribution in [2.45, 2.75) is 25.3 Å². The van der Waals surface area contributed by atoms with Crippen LogP contribution >= 0.6 is 0 Å². The van der Waals surface area contributed by atoms with E-state index in [4.69, 9.17) is 9.26 Å². The molecule has 0 saturated carbocycles. The Kier molecular flexibility index (Phi) is 4.99. The minimum atomic E-state index is -0.231. The summed E-state index contributed by atoms with van der Waals surface area (Å²) in [7, 11) is 5.25. The van der Waals surface area contributed by atoms with Crippen LogP contribution in [-0.4, -0.2) is 49.3 Å². The fourth-order valence-corrected chi connectivity index (χ4v) is 3.09. The van der Waals surface area contributed by atoms with Crippen molar-refractivity contribution in [3.05, 3.63) is 35.5 Å². The van der Waals surface area contributed by atoms with E-state index < -0.39 is 0 Å². The van der Waals surface area contributed by atoms with Crippen LogP contribution in [0.25, 0.3) is 0 Å². The lowest BCUT2D eigenvalue weighted by Crippen LogP contribution is -2.32. The number of aromatic nitrogens is 2. The van der Waals surface area contributed by atoms with Gasteiger partial charge in [-0.3, -0.25) is 4.90 Å². The van der Waals surface area contributed by atoms with Gasteiger partial charge in [0.15, 0.2) is 11.6 Å². The molecule has 1 saturated heterocycles. The van der Waals surface area contributed by atoms with E-state index in [2.05, 4.69) is 15.0 Å². The number of rotatable bonds is 5. The molecule has 0 bridgehead atoms. The van der Waals surface area contributed by atoms with E-state index >= 15 is 0 Å². The average Bonchev–Trinajstić information content (AvgIpc) is 3.05. The molecule has 2 aromatic rings. The van der Waals surface area contributed by atoms with Crippen LogP contribution in [-0.2, 0) is 6.54 Å². The molecule has 7 heteroatoms. The van der Waals surface area contributed by atoms with Gasteiger partial charge in [0, 0.05) is 14.1 Å². The summed E-state index contributed by atoms with van der Waals surface area (Å²) in [6.07, 6.45) is 1.80. The van der Waals surface area contributed by atoms with E-state index in [1.165, 1.54) is 7.11 Å². The fraction of sp³-hybridized carbons (Fsp3) is 0.529. The first-order valence-corrected chi connectivity index (χ1v) is 8.13. The van der Waals surface area contributed by atoms with Crippen molar-refractivity contribution in [2.24, 2.45) is 0 Å². The third-order valence-electron chi connectivity index (χ3n) is 4.46. The van der Waals surface area contributed by atoms with E-state index in [-0.39, 0.29) is 11.7 Å². The second kappa shape index (κ2) is 7.17. The minimum absolute atomic E-state index is 0.219. The van der Waals surface area contributed by atoms with Gasteiger partial charge in [0.25, 0.3) is 5.95 Å². The van der Waals surface area contributed by atoms with Gasteiger partial charge in [-0.05, 0) is 48.6 Å². The molecule has 0 spiro atoms. The Morgan fingerprint density at radius 1 is 1.33 bits per heavy atom. The molecule has 1 aliphatic heterocycles. The van der Waals surface area contributed by atoms with Gasteiger partial charge in [0.2, 0.25) is 5.89 Å². The molecule has 3 rings (SSSR count). The first-order chi connectivity index (χ1) is 11.6. The second-order valence-corrected chi connectivity index (χ2v) is 6.30. The number of hydrogen-bond acceptors (Lipinski definition) is 6. The SMILES string of the molecule is COc1cccc(C2CCN(Cc3nc(N(C)C)no3)CC2)c1F. The van der Waals surface area contributed by atoms with Gasteiger partial charge in [-0.15, -0.1) is 0 Å². The number of likely N-dealkylation sites (tertiary alicyclic amines) is 1. The van der Waals surface area contributed by atoms with Crippen molar-refractivity contribution >= 4 is 5.95 Å². The molecule has 2 heterocycles. The summed E-state index contributed by atoms with van der Waals surface area (Å²) in [6, 6.07) is 5.37. The van der Waals surface area contributed by atoms with Crippen molar-refractivity contribution in [1.29, 1.82) is 0 Å². The van der Waals surface area contributed by atoms with Crippen LogP contribution in [0.15, 0.2) is 22.7 Å². The molecule has 24 heavy (non-hydrogen) atoms. The van der Waals surface area contributed by atoms with Crippen LogP contribution in [0.5, 0.6) is 5.75 Å². The van der Waals surface area contributed by atoms with Gasteiger partial charge in [-0.2, -0.15) is 4.98 Å². The second-order valence-electron chi connectivity index (χ2n) is 6.30. The molecule has 1 fully saturated rings. The third kappa shape index (κ3) is 3.51. The maximum Gasteiger partial charge on any atom is 0.265 e. The number of halogens is 1. The maximum absolute atomic E-state index is 14.4. The number of nitrogens with zero attached hydrogens (tertiary/aromatic N) is 4. The predicted molar refractivity (Wildman–Crippen MR) is 88.8 cm³/mol. The van der Waals surface area contributed by atoms with Gasteiger partial charge in [-0.1, -0.05) is 12.1 Å². The van der Waals surface area contributed by atoms with Crippen LogP contribution in [0.3, 0.4) is 0 Å². The summed E-state index contributed by atoms with van der Waals surface area (Å²) in [5.41, 5.74) is 0.752. The van der Waals surface area contributed by atoms with E-state index in [9.17, 15) is 4.39 Å². The fourth-order valence-electron chi connectivity index (χ4n) is 3.09. The number of ether oxygens (including phenoxy) is 1. The predicted octanol–water partition coefficient (Wildman–Crippen LogP) is 2.66. The zero-order valence-electron chi connectivity index (χ0n) is 14.3. The Labute approximate surface area is 141 Å². The molecule has 1 aliphatic rings. The highest BCUT2D eigenvalue weighted by Gasteiger charge is 2.25. The molecule has 0 radical (unpaired) electrons. The maximum atomic E-state index is 14.4. The highest BCUT2D eigenvalue weighted by atomic mass is 19.1. The van der Waals surface area contributed by atoms with Crippen LogP contribution in [0, 0.1) is 5.82 Å². The number of benzene rings is 1. The summed E-state index contributed by atoms with van der Waals surface area (Å²) in [5, 5.41) is 3.92. The molecule has 0 amide bonds. The Hall–Kier alpha value is -2.15. The lowest BCUT2D eigenvalue weighted by molar-refractivity contribution is 0.179. The Bertz CT molecular complexity index is 681. The number of hydrogen-bond donors (Lipinski definition) is 0. The highest BCUT2D eigenvalue weighted by Crippen LogP contribution is 2.33. The van der Waals surface area contributed by atoms with Gasteiger partial charge in [0.1, 0.15) is 0 Å². The summed E-state index contributed by atoms with van der Waals surface area (Å²) >= 11 is 0. The van der Waals surface area contributed by atoms with Crippen molar-refractivity contribution < 1.29 is 13.7 Å². The summed E-state index contributed by atoms with van der Waals surface area (Å²) in [6.45, 7) is 2.39. The summed E-state index contributed by atoms with van der Waals surface area (Å²) < 4.78 is 24.8. The smallest absolute Gasteiger partial charge is 0.265 e. The van der Waals surface area contributed by atoms with Crippen LogP contribution < -0.4 is 9.64 Å². The van der Waals surface area contributed by atoms with Crippen molar-refractivity contribution in [3.8, 4) is 5.75 Å². The van der Waals surface area contributed by atoms with Crippen molar-refractivity contribution in [1.82, 2.24) is 15.0 Å².